The van der Waals surface area contributed by atoms with E-state index in [4.69, 9.17) is 10.5 Å². The minimum atomic E-state index is 0.409. The lowest BCUT2D eigenvalue weighted by Gasteiger charge is -2.38. The smallest absolute Gasteiger partial charge is 0.144 e. The van der Waals surface area contributed by atoms with E-state index in [0.717, 1.165) is 37.6 Å². The van der Waals surface area contributed by atoms with Crippen LogP contribution in [0.5, 0.6) is 5.75 Å². The van der Waals surface area contributed by atoms with E-state index in [0.29, 0.717) is 11.9 Å². The third kappa shape index (κ3) is 3.82. The fourth-order valence-electron chi connectivity index (χ4n) is 2.65. The molecule has 2 rings (SSSR count). The van der Waals surface area contributed by atoms with Crippen molar-refractivity contribution in [2.75, 3.05) is 43.5 Å². The topological polar surface area (TPSA) is 53.8 Å². The maximum atomic E-state index is 5.60. The van der Waals surface area contributed by atoms with Gasteiger partial charge in [0, 0.05) is 44.0 Å². The van der Waals surface area contributed by atoms with E-state index in [9.17, 15) is 0 Å². The fourth-order valence-corrected chi connectivity index (χ4v) is 2.65. The fraction of sp³-hybridized carbons (Fsp3) is 0.500. The van der Waals surface area contributed by atoms with Gasteiger partial charge in [0.2, 0.25) is 0 Å². The molecule has 1 aromatic rings. The molecule has 0 atom stereocenters. The summed E-state index contributed by atoms with van der Waals surface area (Å²) in [6.45, 7) is 12.4. The number of piperazine rings is 1. The molecule has 3 N–H and O–H groups in total. The summed E-state index contributed by atoms with van der Waals surface area (Å²) >= 11 is 0. The quantitative estimate of drug-likeness (QED) is 0.869. The van der Waals surface area contributed by atoms with Gasteiger partial charge in [0.05, 0.1) is 18.6 Å². The SMILES string of the molecule is C=C(N)Nc1ccc(N2CCN(C(C)C)CC2)cc1OC. The Balaban J connectivity index is 2.09. The minimum Gasteiger partial charge on any atom is -0.494 e. The van der Waals surface area contributed by atoms with Crippen LogP contribution in [0.2, 0.25) is 0 Å². The van der Waals surface area contributed by atoms with Crippen molar-refractivity contribution in [3.8, 4) is 5.75 Å². The van der Waals surface area contributed by atoms with Gasteiger partial charge in [0.25, 0.3) is 0 Å². The molecule has 0 unspecified atom stereocenters. The third-order valence-corrected chi connectivity index (χ3v) is 3.89. The number of nitrogens with two attached hydrogens (primary N) is 1. The summed E-state index contributed by atoms with van der Waals surface area (Å²) in [7, 11) is 1.67. The summed E-state index contributed by atoms with van der Waals surface area (Å²) in [6, 6.07) is 6.75. The molecule has 21 heavy (non-hydrogen) atoms. The first kappa shape index (κ1) is 15.5. The maximum Gasteiger partial charge on any atom is 0.144 e. The largest absolute Gasteiger partial charge is 0.494 e. The van der Waals surface area contributed by atoms with Crippen molar-refractivity contribution in [3.05, 3.63) is 30.6 Å². The molecule has 0 aliphatic carbocycles. The van der Waals surface area contributed by atoms with Gasteiger partial charge in [-0.05, 0) is 26.0 Å². The molecule has 1 heterocycles. The highest BCUT2D eigenvalue weighted by atomic mass is 16.5. The van der Waals surface area contributed by atoms with Crippen molar-refractivity contribution in [1.82, 2.24) is 4.90 Å². The average molecular weight is 290 g/mol. The number of hydrogen-bond donors (Lipinski definition) is 2. The normalized spacial score (nSPS) is 16.1. The monoisotopic (exact) mass is 290 g/mol. The number of ether oxygens (including phenoxy) is 1. The molecule has 1 aliphatic heterocycles. The Hall–Kier alpha value is -1.88. The van der Waals surface area contributed by atoms with Gasteiger partial charge >= 0.3 is 0 Å². The zero-order valence-electron chi connectivity index (χ0n) is 13.2. The van der Waals surface area contributed by atoms with Gasteiger partial charge in [0.15, 0.2) is 0 Å². The van der Waals surface area contributed by atoms with Crippen LogP contribution < -0.4 is 20.7 Å². The highest BCUT2D eigenvalue weighted by Crippen LogP contribution is 2.30. The van der Waals surface area contributed by atoms with Crippen molar-refractivity contribution >= 4 is 11.4 Å². The van der Waals surface area contributed by atoms with Crippen molar-refractivity contribution in [3.63, 3.8) is 0 Å². The zero-order chi connectivity index (χ0) is 15.4. The van der Waals surface area contributed by atoms with Crippen LogP contribution >= 0.6 is 0 Å². The first-order chi connectivity index (χ1) is 10.0. The van der Waals surface area contributed by atoms with Crippen LogP contribution in [0.4, 0.5) is 11.4 Å². The van der Waals surface area contributed by atoms with Crippen LogP contribution in [0.1, 0.15) is 13.8 Å². The van der Waals surface area contributed by atoms with E-state index >= 15 is 0 Å². The summed E-state index contributed by atoms with van der Waals surface area (Å²) in [5.41, 5.74) is 7.62. The van der Waals surface area contributed by atoms with E-state index in [-0.39, 0.29) is 0 Å². The summed E-state index contributed by atoms with van der Waals surface area (Å²) < 4.78 is 5.44. The molecule has 0 amide bonds. The van der Waals surface area contributed by atoms with Crippen LogP contribution in [0.3, 0.4) is 0 Å². The second-order valence-corrected chi connectivity index (χ2v) is 5.65. The van der Waals surface area contributed by atoms with E-state index in [1.54, 1.807) is 7.11 Å². The van der Waals surface area contributed by atoms with Crippen LogP contribution in [-0.2, 0) is 0 Å². The van der Waals surface area contributed by atoms with Gasteiger partial charge in [-0.15, -0.1) is 0 Å². The Morgan fingerprint density at radius 1 is 1.29 bits per heavy atom. The molecule has 5 nitrogen and oxygen atoms in total. The predicted octanol–water partition coefficient (Wildman–Crippen LogP) is 2.07. The summed E-state index contributed by atoms with van der Waals surface area (Å²) in [4.78, 5) is 4.89. The van der Waals surface area contributed by atoms with E-state index in [1.807, 2.05) is 6.07 Å². The van der Waals surface area contributed by atoms with Gasteiger partial charge in [-0.1, -0.05) is 6.58 Å². The van der Waals surface area contributed by atoms with E-state index in [2.05, 4.69) is 47.7 Å². The second-order valence-electron chi connectivity index (χ2n) is 5.65. The Labute approximate surface area is 127 Å². The van der Waals surface area contributed by atoms with E-state index < -0.39 is 0 Å². The van der Waals surface area contributed by atoms with Gasteiger partial charge < -0.3 is 20.7 Å². The Morgan fingerprint density at radius 3 is 2.48 bits per heavy atom. The molecule has 1 saturated heterocycles. The van der Waals surface area contributed by atoms with Crippen LogP contribution in [0.25, 0.3) is 0 Å². The second kappa shape index (κ2) is 6.72. The lowest BCUT2D eigenvalue weighted by molar-refractivity contribution is 0.209. The Bertz CT molecular complexity index is 493. The lowest BCUT2D eigenvalue weighted by atomic mass is 10.2. The zero-order valence-corrected chi connectivity index (χ0v) is 13.2. The molecule has 0 bridgehead atoms. The molecular formula is C16H26N4O. The summed E-state index contributed by atoms with van der Waals surface area (Å²) in [5, 5.41) is 3.01. The van der Waals surface area contributed by atoms with Crippen LogP contribution in [0.15, 0.2) is 30.6 Å². The molecule has 0 spiro atoms. The molecule has 1 fully saturated rings. The van der Waals surface area contributed by atoms with Crippen LogP contribution in [0, 0.1) is 0 Å². The first-order valence-corrected chi connectivity index (χ1v) is 7.39. The number of methoxy groups -OCH3 is 1. The number of nitrogens with one attached hydrogen (secondary N) is 1. The molecule has 0 saturated carbocycles. The number of anilines is 2. The molecule has 0 radical (unpaired) electrons. The van der Waals surface area contributed by atoms with E-state index in [1.165, 1.54) is 5.69 Å². The van der Waals surface area contributed by atoms with Gasteiger partial charge in [-0.3, -0.25) is 4.90 Å². The van der Waals surface area contributed by atoms with Crippen molar-refractivity contribution < 1.29 is 4.74 Å². The molecule has 0 aromatic heterocycles. The van der Waals surface area contributed by atoms with Gasteiger partial charge in [-0.2, -0.15) is 0 Å². The lowest BCUT2D eigenvalue weighted by Crippen LogP contribution is -2.48. The highest BCUT2D eigenvalue weighted by molar-refractivity contribution is 5.66. The number of rotatable bonds is 5. The highest BCUT2D eigenvalue weighted by Gasteiger charge is 2.19. The maximum absolute atomic E-state index is 5.60. The number of benzene rings is 1. The number of nitrogens with zero attached hydrogens (tertiary/aromatic N) is 2. The van der Waals surface area contributed by atoms with Gasteiger partial charge in [0.1, 0.15) is 5.75 Å². The Morgan fingerprint density at radius 2 is 1.95 bits per heavy atom. The summed E-state index contributed by atoms with van der Waals surface area (Å²) in [6.07, 6.45) is 0. The van der Waals surface area contributed by atoms with Crippen molar-refractivity contribution in [2.45, 2.75) is 19.9 Å². The standard InChI is InChI=1S/C16H26N4O/c1-12(2)19-7-9-20(10-8-19)14-5-6-15(18-13(3)17)16(11-14)21-4/h5-6,11-12,18H,3,7-10,17H2,1-2,4H3. The summed E-state index contributed by atoms with van der Waals surface area (Å²) in [5.74, 6) is 1.19. The molecule has 5 heteroatoms. The minimum absolute atomic E-state index is 0.409. The van der Waals surface area contributed by atoms with Gasteiger partial charge in [-0.25, -0.2) is 0 Å². The molecule has 1 aliphatic rings. The van der Waals surface area contributed by atoms with Crippen molar-refractivity contribution in [2.24, 2.45) is 5.73 Å². The molecule has 116 valence electrons. The molecular weight excluding hydrogens is 264 g/mol. The third-order valence-electron chi connectivity index (χ3n) is 3.89. The average Bonchev–Trinajstić information content (AvgIpc) is 2.47. The Kier molecular flexibility index (Phi) is 4.96. The first-order valence-electron chi connectivity index (χ1n) is 7.39. The number of hydrogen-bond acceptors (Lipinski definition) is 5. The van der Waals surface area contributed by atoms with Crippen LogP contribution in [-0.4, -0.2) is 44.2 Å². The van der Waals surface area contributed by atoms with Crippen molar-refractivity contribution in [1.29, 1.82) is 0 Å². The predicted molar refractivity (Wildman–Crippen MR) is 88.9 cm³/mol. The molecule has 1 aromatic carbocycles.